The molecule has 0 aliphatic carbocycles. The summed E-state index contributed by atoms with van der Waals surface area (Å²) < 4.78 is 12.6. The molecule has 64 valence electrons. The van der Waals surface area contributed by atoms with Crippen molar-refractivity contribution < 1.29 is 4.39 Å². The fourth-order valence-corrected chi connectivity index (χ4v) is 0.784. The van der Waals surface area contributed by atoms with Crippen molar-refractivity contribution >= 4 is 0 Å². The van der Waals surface area contributed by atoms with Gasteiger partial charge in [-0.25, -0.2) is 4.39 Å². The van der Waals surface area contributed by atoms with Crippen LogP contribution in [0.15, 0.2) is 23.9 Å². The van der Waals surface area contributed by atoms with Crippen LogP contribution >= 0.6 is 0 Å². The van der Waals surface area contributed by atoms with E-state index in [2.05, 4.69) is 6.58 Å². The Balaban J connectivity index is 4.24. The Hall–Kier alpha value is -0.790. The van der Waals surface area contributed by atoms with Crippen molar-refractivity contribution in [3.63, 3.8) is 0 Å². The third kappa shape index (κ3) is 3.81. The van der Waals surface area contributed by atoms with Crippen LogP contribution in [-0.2, 0) is 0 Å². The minimum absolute atomic E-state index is 0.554. The van der Waals surface area contributed by atoms with Gasteiger partial charge in [0.1, 0.15) is 6.17 Å². The van der Waals surface area contributed by atoms with E-state index in [1.54, 1.807) is 0 Å². The van der Waals surface area contributed by atoms with Crippen LogP contribution in [0.4, 0.5) is 4.39 Å². The van der Waals surface area contributed by atoms with Crippen LogP contribution in [0.1, 0.15) is 13.8 Å². The number of alkyl halides is 1. The van der Waals surface area contributed by atoms with Gasteiger partial charge in [0.25, 0.3) is 0 Å². The van der Waals surface area contributed by atoms with Crippen LogP contribution in [0.3, 0.4) is 0 Å². The summed E-state index contributed by atoms with van der Waals surface area (Å²) in [5.74, 6) is 0. The minimum atomic E-state index is -0.953. The molecule has 0 aromatic rings. The summed E-state index contributed by atoms with van der Waals surface area (Å²) in [6, 6.07) is 0. The summed E-state index contributed by atoms with van der Waals surface area (Å²) >= 11 is 0. The van der Waals surface area contributed by atoms with Crippen LogP contribution in [-0.4, -0.2) is 25.2 Å². The van der Waals surface area contributed by atoms with Crippen LogP contribution in [0.2, 0.25) is 0 Å². The van der Waals surface area contributed by atoms with Crippen molar-refractivity contribution in [2.45, 2.75) is 20.0 Å². The zero-order chi connectivity index (χ0) is 9.02. The van der Waals surface area contributed by atoms with E-state index in [0.29, 0.717) is 5.57 Å². The first-order chi connectivity index (χ1) is 4.95. The molecule has 2 heteroatoms. The molecular formula is C9H16FN. The maximum Gasteiger partial charge on any atom is 0.122 e. The minimum Gasteiger partial charge on any atom is -0.383 e. The molecule has 0 saturated carbocycles. The molecule has 1 atom stereocenters. The van der Waals surface area contributed by atoms with Gasteiger partial charge in [0, 0.05) is 20.3 Å². The van der Waals surface area contributed by atoms with E-state index in [4.69, 9.17) is 0 Å². The van der Waals surface area contributed by atoms with Gasteiger partial charge in [0.2, 0.25) is 0 Å². The number of rotatable bonds is 3. The van der Waals surface area contributed by atoms with Crippen LogP contribution in [0.5, 0.6) is 0 Å². The van der Waals surface area contributed by atoms with E-state index in [-0.39, 0.29) is 0 Å². The number of halogens is 1. The van der Waals surface area contributed by atoms with E-state index in [1.807, 2.05) is 32.1 Å². The average molecular weight is 157 g/mol. The molecule has 0 bridgehead atoms. The molecule has 0 N–H and O–H groups in total. The molecule has 0 aliphatic rings. The molecule has 0 rings (SSSR count). The van der Waals surface area contributed by atoms with Gasteiger partial charge in [-0.15, -0.1) is 0 Å². The van der Waals surface area contributed by atoms with Gasteiger partial charge in [-0.3, -0.25) is 0 Å². The van der Waals surface area contributed by atoms with E-state index in [9.17, 15) is 4.39 Å². The highest BCUT2D eigenvalue weighted by molar-refractivity contribution is 5.28. The third-order valence-electron chi connectivity index (χ3n) is 1.44. The smallest absolute Gasteiger partial charge is 0.122 e. The lowest BCUT2D eigenvalue weighted by molar-refractivity contribution is 0.414. The molecule has 0 aromatic heterocycles. The predicted molar refractivity (Wildman–Crippen MR) is 47.2 cm³/mol. The molecule has 0 heterocycles. The highest BCUT2D eigenvalue weighted by Gasteiger charge is 2.05. The first-order valence-corrected chi connectivity index (χ1v) is 3.63. The lowest BCUT2D eigenvalue weighted by Gasteiger charge is -2.11. The van der Waals surface area contributed by atoms with Crippen molar-refractivity contribution in [2.75, 3.05) is 14.1 Å². The molecule has 1 unspecified atom stereocenters. The second-order valence-corrected chi connectivity index (χ2v) is 2.92. The summed E-state index contributed by atoms with van der Waals surface area (Å²) in [4.78, 5) is 1.88. The Kier molecular flexibility index (Phi) is 3.86. The van der Waals surface area contributed by atoms with Gasteiger partial charge >= 0.3 is 0 Å². The van der Waals surface area contributed by atoms with E-state index in [0.717, 1.165) is 5.57 Å². The van der Waals surface area contributed by atoms with Gasteiger partial charge in [0.15, 0.2) is 0 Å². The largest absolute Gasteiger partial charge is 0.383 e. The van der Waals surface area contributed by atoms with Crippen LogP contribution < -0.4 is 0 Å². The summed E-state index contributed by atoms with van der Waals surface area (Å²) in [5, 5.41) is 0. The number of nitrogens with zero attached hydrogens (tertiary/aromatic N) is 1. The Morgan fingerprint density at radius 1 is 1.55 bits per heavy atom. The Morgan fingerprint density at radius 3 is 2.27 bits per heavy atom. The molecule has 0 aromatic carbocycles. The standard InChI is InChI=1S/C9H16FN/c1-7(6-11(4)5)8(2)9(3)10/h6,9H,2H2,1,3-5H3/b7-6-. The Morgan fingerprint density at radius 2 is 2.00 bits per heavy atom. The highest BCUT2D eigenvalue weighted by Crippen LogP contribution is 2.13. The monoisotopic (exact) mass is 157 g/mol. The second kappa shape index (κ2) is 4.16. The van der Waals surface area contributed by atoms with Crippen LogP contribution in [0, 0.1) is 0 Å². The van der Waals surface area contributed by atoms with Crippen molar-refractivity contribution in [3.8, 4) is 0 Å². The Bertz CT molecular complexity index is 168. The molecule has 0 radical (unpaired) electrons. The van der Waals surface area contributed by atoms with Gasteiger partial charge in [0.05, 0.1) is 0 Å². The molecular weight excluding hydrogens is 141 g/mol. The molecule has 0 spiro atoms. The predicted octanol–water partition coefficient (Wildman–Crippen LogP) is 2.37. The van der Waals surface area contributed by atoms with Gasteiger partial charge in [-0.2, -0.15) is 0 Å². The number of hydrogen-bond acceptors (Lipinski definition) is 1. The summed E-state index contributed by atoms with van der Waals surface area (Å²) in [5.41, 5.74) is 1.45. The highest BCUT2D eigenvalue weighted by atomic mass is 19.1. The summed E-state index contributed by atoms with van der Waals surface area (Å²) in [7, 11) is 3.80. The van der Waals surface area contributed by atoms with Crippen LogP contribution in [0.25, 0.3) is 0 Å². The first kappa shape index (κ1) is 10.2. The maximum absolute atomic E-state index is 12.6. The fourth-order valence-electron chi connectivity index (χ4n) is 0.784. The lowest BCUT2D eigenvalue weighted by Crippen LogP contribution is -2.05. The van der Waals surface area contributed by atoms with E-state index >= 15 is 0 Å². The number of hydrogen-bond donors (Lipinski definition) is 0. The summed E-state index contributed by atoms with van der Waals surface area (Å²) in [6.45, 7) is 6.99. The normalized spacial score (nSPS) is 14.5. The molecule has 0 aliphatic heterocycles. The van der Waals surface area contributed by atoms with Crippen molar-refractivity contribution in [2.24, 2.45) is 0 Å². The molecule has 0 saturated heterocycles. The number of allylic oxidation sites excluding steroid dienone is 2. The van der Waals surface area contributed by atoms with Crippen molar-refractivity contribution in [3.05, 3.63) is 23.9 Å². The first-order valence-electron chi connectivity index (χ1n) is 3.63. The third-order valence-corrected chi connectivity index (χ3v) is 1.44. The zero-order valence-electron chi connectivity index (χ0n) is 7.69. The molecule has 11 heavy (non-hydrogen) atoms. The zero-order valence-corrected chi connectivity index (χ0v) is 7.69. The SMILES string of the molecule is C=C(/C(C)=C\N(C)C)C(C)F. The lowest BCUT2D eigenvalue weighted by atomic mass is 10.1. The van der Waals surface area contributed by atoms with Crippen molar-refractivity contribution in [1.82, 2.24) is 4.90 Å². The van der Waals surface area contributed by atoms with Gasteiger partial charge in [-0.05, 0) is 25.0 Å². The Labute approximate surface area is 68.2 Å². The van der Waals surface area contributed by atoms with Gasteiger partial charge in [-0.1, -0.05) is 6.58 Å². The van der Waals surface area contributed by atoms with Gasteiger partial charge < -0.3 is 4.90 Å². The average Bonchev–Trinajstić information content (AvgIpc) is 1.84. The molecule has 0 fully saturated rings. The second-order valence-electron chi connectivity index (χ2n) is 2.92. The summed E-state index contributed by atoms with van der Waals surface area (Å²) in [6.07, 6.45) is 0.907. The maximum atomic E-state index is 12.6. The van der Waals surface area contributed by atoms with E-state index < -0.39 is 6.17 Å². The fraction of sp³-hybridized carbons (Fsp3) is 0.556. The topological polar surface area (TPSA) is 3.24 Å². The molecule has 0 amide bonds. The van der Waals surface area contributed by atoms with E-state index in [1.165, 1.54) is 6.92 Å². The quantitative estimate of drug-likeness (QED) is 0.568. The van der Waals surface area contributed by atoms with Crippen molar-refractivity contribution in [1.29, 1.82) is 0 Å². The molecule has 1 nitrogen and oxygen atoms in total.